The molecule has 0 saturated carbocycles. The van der Waals surface area contributed by atoms with Gasteiger partial charge in [-0.1, -0.05) is 46.1 Å². The third-order valence-electron chi connectivity index (χ3n) is 2.78. The Morgan fingerprint density at radius 2 is 1.88 bits per heavy atom. The van der Waals surface area contributed by atoms with E-state index in [0.29, 0.717) is 12.3 Å². The van der Waals surface area contributed by atoms with E-state index in [0.717, 1.165) is 18.0 Å². The van der Waals surface area contributed by atoms with Gasteiger partial charge in [0.05, 0.1) is 0 Å². The molecule has 1 N–H and O–H groups in total. The number of allylic oxidation sites excluding steroid dienone is 2. The van der Waals surface area contributed by atoms with E-state index in [-0.39, 0.29) is 5.91 Å². The van der Waals surface area contributed by atoms with Crippen molar-refractivity contribution in [1.82, 2.24) is 5.32 Å². The van der Waals surface area contributed by atoms with Crippen molar-refractivity contribution in [3.63, 3.8) is 0 Å². The van der Waals surface area contributed by atoms with E-state index in [1.54, 1.807) is 0 Å². The number of carbonyl (C=O) groups excluding carboxylic acids is 1. The lowest BCUT2D eigenvalue weighted by Gasteiger charge is -2.12. The van der Waals surface area contributed by atoms with Crippen LogP contribution in [0.5, 0.6) is 0 Å². The Labute approximate surface area is 101 Å². The molecule has 0 radical (unpaired) electrons. The monoisotopic (exact) mass is 225 g/mol. The highest BCUT2D eigenvalue weighted by Crippen LogP contribution is 2.15. The third kappa shape index (κ3) is 8.51. The largest absolute Gasteiger partial charge is 0.330 e. The van der Waals surface area contributed by atoms with E-state index in [4.69, 9.17) is 0 Å². The Balaban J connectivity index is 3.70. The minimum Gasteiger partial charge on any atom is -0.330 e. The zero-order valence-corrected chi connectivity index (χ0v) is 11.5. The number of hydrogen-bond donors (Lipinski definition) is 1. The van der Waals surface area contributed by atoms with Crippen molar-refractivity contribution < 1.29 is 4.79 Å². The number of hydrogen-bond acceptors (Lipinski definition) is 1. The molecule has 0 aliphatic carbocycles. The first-order valence-electron chi connectivity index (χ1n) is 6.38. The molecule has 0 aromatic carbocycles. The average molecular weight is 225 g/mol. The first-order valence-corrected chi connectivity index (χ1v) is 6.38. The molecule has 94 valence electrons. The van der Waals surface area contributed by atoms with Crippen LogP contribution in [-0.2, 0) is 4.79 Å². The molecule has 0 fully saturated rings. The maximum atomic E-state index is 11.6. The molecule has 0 spiro atoms. The Morgan fingerprint density at radius 1 is 1.25 bits per heavy atom. The molecule has 0 aromatic heterocycles. The van der Waals surface area contributed by atoms with Crippen molar-refractivity contribution in [1.29, 1.82) is 0 Å². The molecule has 0 rings (SSSR count). The first-order chi connectivity index (χ1) is 7.45. The van der Waals surface area contributed by atoms with Crippen LogP contribution in [-0.4, -0.2) is 5.91 Å². The predicted molar refractivity (Wildman–Crippen MR) is 70.0 cm³/mol. The van der Waals surface area contributed by atoms with Crippen LogP contribution in [0.15, 0.2) is 11.8 Å². The standard InChI is InChI=1S/C14H27NO/c1-6-13(5)15-14(16)10-12(4)9-7-8-11(2)3/h6,11-12H,7-10H2,1-5H3,(H,15,16)/b13-6-. The molecule has 0 aliphatic rings. The zero-order chi connectivity index (χ0) is 12.6. The van der Waals surface area contributed by atoms with Crippen LogP contribution >= 0.6 is 0 Å². The molecule has 0 aliphatic heterocycles. The molecule has 0 bridgehead atoms. The van der Waals surface area contributed by atoms with Crippen LogP contribution in [0, 0.1) is 11.8 Å². The number of nitrogens with one attached hydrogen (secondary N) is 1. The van der Waals surface area contributed by atoms with Gasteiger partial charge in [0.2, 0.25) is 5.91 Å². The third-order valence-corrected chi connectivity index (χ3v) is 2.78. The summed E-state index contributed by atoms with van der Waals surface area (Å²) in [6.07, 6.45) is 6.21. The second-order valence-corrected chi connectivity index (χ2v) is 5.15. The summed E-state index contributed by atoms with van der Waals surface area (Å²) in [6.45, 7) is 10.5. The fourth-order valence-corrected chi connectivity index (χ4v) is 1.64. The van der Waals surface area contributed by atoms with Gasteiger partial charge in [0.1, 0.15) is 0 Å². The van der Waals surface area contributed by atoms with Crippen molar-refractivity contribution in [3.8, 4) is 0 Å². The molecule has 1 unspecified atom stereocenters. The molecular formula is C14H27NO. The maximum absolute atomic E-state index is 11.6. The van der Waals surface area contributed by atoms with Crippen LogP contribution in [0.1, 0.15) is 60.3 Å². The van der Waals surface area contributed by atoms with Gasteiger partial charge < -0.3 is 5.32 Å². The first kappa shape index (κ1) is 15.2. The lowest BCUT2D eigenvalue weighted by molar-refractivity contribution is -0.121. The maximum Gasteiger partial charge on any atom is 0.224 e. The Hall–Kier alpha value is -0.790. The summed E-state index contributed by atoms with van der Waals surface area (Å²) in [5.41, 5.74) is 0.944. The summed E-state index contributed by atoms with van der Waals surface area (Å²) in [5.74, 6) is 1.40. The van der Waals surface area contributed by atoms with E-state index >= 15 is 0 Å². The van der Waals surface area contributed by atoms with E-state index < -0.39 is 0 Å². The lowest BCUT2D eigenvalue weighted by atomic mass is 9.97. The van der Waals surface area contributed by atoms with Crippen LogP contribution in [0.3, 0.4) is 0 Å². The lowest BCUT2D eigenvalue weighted by Crippen LogP contribution is -2.23. The summed E-state index contributed by atoms with van der Waals surface area (Å²) in [5, 5.41) is 2.88. The van der Waals surface area contributed by atoms with Gasteiger partial charge in [-0.05, 0) is 25.7 Å². The fraction of sp³-hybridized carbons (Fsp3) is 0.786. The van der Waals surface area contributed by atoms with Gasteiger partial charge in [-0.15, -0.1) is 0 Å². The summed E-state index contributed by atoms with van der Waals surface area (Å²) in [4.78, 5) is 11.6. The summed E-state index contributed by atoms with van der Waals surface area (Å²) in [6, 6.07) is 0. The van der Waals surface area contributed by atoms with Crippen LogP contribution in [0.2, 0.25) is 0 Å². The van der Waals surface area contributed by atoms with Crippen molar-refractivity contribution in [2.24, 2.45) is 11.8 Å². The van der Waals surface area contributed by atoms with Crippen molar-refractivity contribution in [2.45, 2.75) is 60.3 Å². The minimum absolute atomic E-state index is 0.146. The topological polar surface area (TPSA) is 29.1 Å². The SMILES string of the molecule is C/C=C(/C)NC(=O)CC(C)CCCC(C)C. The van der Waals surface area contributed by atoms with E-state index in [2.05, 4.69) is 26.1 Å². The predicted octanol–water partition coefficient (Wildman–Crippen LogP) is 3.88. The molecule has 2 heteroatoms. The van der Waals surface area contributed by atoms with Gasteiger partial charge in [0.25, 0.3) is 0 Å². The smallest absolute Gasteiger partial charge is 0.224 e. The van der Waals surface area contributed by atoms with Gasteiger partial charge in [0, 0.05) is 12.1 Å². The summed E-state index contributed by atoms with van der Waals surface area (Å²) in [7, 11) is 0. The van der Waals surface area contributed by atoms with Gasteiger partial charge >= 0.3 is 0 Å². The molecule has 1 amide bonds. The van der Waals surface area contributed by atoms with Gasteiger partial charge in [-0.3, -0.25) is 4.79 Å². The molecule has 0 aromatic rings. The average Bonchev–Trinajstić information content (AvgIpc) is 2.16. The van der Waals surface area contributed by atoms with E-state index in [9.17, 15) is 4.79 Å². The summed E-state index contributed by atoms with van der Waals surface area (Å²) < 4.78 is 0. The second-order valence-electron chi connectivity index (χ2n) is 5.15. The molecule has 16 heavy (non-hydrogen) atoms. The quantitative estimate of drug-likeness (QED) is 0.700. The van der Waals surface area contributed by atoms with E-state index in [1.807, 2.05) is 19.9 Å². The van der Waals surface area contributed by atoms with Gasteiger partial charge in [0.15, 0.2) is 0 Å². The van der Waals surface area contributed by atoms with Crippen LogP contribution < -0.4 is 5.32 Å². The highest BCUT2D eigenvalue weighted by Gasteiger charge is 2.09. The van der Waals surface area contributed by atoms with E-state index in [1.165, 1.54) is 12.8 Å². The van der Waals surface area contributed by atoms with Gasteiger partial charge in [-0.2, -0.15) is 0 Å². The highest BCUT2D eigenvalue weighted by atomic mass is 16.1. The van der Waals surface area contributed by atoms with Crippen LogP contribution in [0.4, 0.5) is 0 Å². The molecule has 2 nitrogen and oxygen atoms in total. The molecule has 0 heterocycles. The van der Waals surface area contributed by atoms with Crippen molar-refractivity contribution in [2.75, 3.05) is 0 Å². The van der Waals surface area contributed by atoms with Crippen molar-refractivity contribution >= 4 is 5.91 Å². The second kappa shape index (κ2) is 8.37. The zero-order valence-electron chi connectivity index (χ0n) is 11.5. The van der Waals surface area contributed by atoms with Crippen LogP contribution in [0.25, 0.3) is 0 Å². The number of amides is 1. The van der Waals surface area contributed by atoms with Gasteiger partial charge in [-0.25, -0.2) is 0 Å². The summed E-state index contributed by atoms with van der Waals surface area (Å²) >= 11 is 0. The number of carbonyl (C=O) groups is 1. The Kier molecular flexibility index (Phi) is 7.96. The Bertz CT molecular complexity index is 231. The Morgan fingerprint density at radius 3 is 2.38 bits per heavy atom. The highest BCUT2D eigenvalue weighted by molar-refractivity contribution is 5.77. The molecule has 1 atom stereocenters. The molecule has 0 saturated heterocycles. The number of rotatable bonds is 7. The minimum atomic E-state index is 0.146. The van der Waals surface area contributed by atoms with Crippen molar-refractivity contribution in [3.05, 3.63) is 11.8 Å². The fourth-order valence-electron chi connectivity index (χ4n) is 1.64. The molecular weight excluding hydrogens is 198 g/mol. The normalized spacial score (nSPS) is 14.0.